The van der Waals surface area contributed by atoms with Crippen LogP contribution in [-0.2, 0) is 9.59 Å². The number of aryl methyl sites for hydroxylation is 1. The number of hydrogen-bond acceptors (Lipinski definition) is 5. The lowest BCUT2D eigenvalue weighted by atomic mass is 9.66. The van der Waals surface area contributed by atoms with Crippen molar-refractivity contribution >= 4 is 11.9 Å². The second kappa shape index (κ2) is 13.6. The van der Waals surface area contributed by atoms with Crippen LogP contribution in [-0.4, -0.2) is 48.0 Å². The molecule has 2 aromatic carbocycles. The summed E-state index contributed by atoms with van der Waals surface area (Å²) in [6.07, 6.45) is 2.64. The van der Waals surface area contributed by atoms with Gasteiger partial charge in [-0.15, -0.1) is 10.2 Å². The van der Waals surface area contributed by atoms with E-state index in [1.54, 1.807) is 18.7 Å². The van der Waals surface area contributed by atoms with E-state index in [4.69, 9.17) is 4.11 Å². The summed E-state index contributed by atoms with van der Waals surface area (Å²) < 4.78 is 25.8. The van der Waals surface area contributed by atoms with Crippen LogP contribution in [0.25, 0.3) is 22.5 Å². The second-order valence-electron chi connectivity index (χ2n) is 13.7. The minimum Gasteiger partial charge on any atom is -0.479 e. The molecule has 0 spiro atoms. The van der Waals surface area contributed by atoms with Crippen LogP contribution in [0, 0.1) is 44.9 Å². The molecule has 0 aliphatic heterocycles. The molecule has 1 heterocycles. The SMILES string of the molecule is [2H]c1c([2H])c(C)c(-c2cc(C)c(C(C)N(C(=O)CC(C)CCC)[C@](C)(C(=O)O)C(CC)C(C)(C)C)c(C)c2C)c(-c2nn[nH]n2)c1[2H]. The minimum absolute atomic E-state index is 0.0487. The van der Waals surface area contributed by atoms with Crippen LogP contribution in [0.4, 0.5) is 0 Å². The Kier molecular flexibility index (Phi) is 9.43. The van der Waals surface area contributed by atoms with Crippen molar-refractivity contribution in [2.24, 2.45) is 17.3 Å². The number of benzene rings is 2. The molecule has 240 valence electrons. The highest BCUT2D eigenvalue weighted by molar-refractivity contribution is 5.89. The number of nitrogens with zero attached hydrogens (tertiary/aromatic N) is 4. The van der Waals surface area contributed by atoms with Gasteiger partial charge >= 0.3 is 5.97 Å². The van der Waals surface area contributed by atoms with Crippen molar-refractivity contribution in [2.75, 3.05) is 0 Å². The topological polar surface area (TPSA) is 112 Å². The normalized spacial score (nSPS) is 16.3. The maximum Gasteiger partial charge on any atom is 0.329 e. The van der Waals surface area contributed by atoms with Crippen LogP contribution in [0.15, 0.2) is 24.2 Å². The number of carbonyl (C=O) groups excluding carboxylic acids is 1. The van der Waals surface area contributed by atoms with Crippen LogP contribution in [0.1, 0.15) is 119 Å². The molecule has 0 aliphatic carbocycles. The van der Waals surface area contributed by atoms with E-state index in [9.17, 15) is 14.7 Å². The third-order valence-electron chi connectivity index (χ3n) is 9.50. The first kappa shape index (κ1) is 30.5. The number of aromatic nitrogens is 4. The van der Waals surface area contributed by atoms with Gasteiger partial charge in [-0.25, -0.2) is 4.79 Å². The third-order valence-corrected chi connectivity index (χ3v) is 9.50. The van der Waals surface area contributed by atoms with E-state index in [-0.39, 0.29) is 48.1 Å². The molecule has 8 heteroatoms. The molecule has 0 radical (unpaired) electrons. The standard InChI is InChI=1S/C36H53N5O3/c1-13-16-21(3)19-30(42)41(36(12,34(43)44)29(14-2)35(9,10)11)26(8)31-23(5)20-28(24(6)25(31)7)32-22(4)17-15-18-27(32)33-37-39-40-38-33/h15,17-18,20-21,26,29H,13-14,16,19H2,1-12H3,(H,43,44)(H,37,38,39,40)/t21?,26?,29?,36-/m0/s1/i15D,17D,18D. The maximum absolute atomic E-state index is 14.4. The lowest BCUT2D eigenvalue weighted by Gasteiger charge is -2.51. The number of hydrogen-bond donors (Lipinski definition) is 2. The fraction of sp³-hybridized carbons (Fsp3) is 0.583. The van der Waals surface area contributed by atoms with Gasteiger partial charge in [-0.05, 0) is 109 Å². The first-order valence-electron chi connectivity index (χ1n) is 17.3. The highest BCUT2D eigenvalue weighted by Crippen LogP contribution is 2.46. The monoisotopic (exact) mass is 606 g/mol. The summed E-state index contributed by atoms with van der Waals surface area (Å²) in [4.78, 5) is 29.6. The van der Waals surface area contributed by atoms with Crippen LogP contribution in [0.2, 0.25) is 0 Å². The summed E-state index contributed by atoms with van der Waals surface area (Å²) in [5.41, 5.74) is 3.73. The van der Waals surface area contributed by atoms with Gasteiger partial charge in [0.05, 0.1) is 10.2 Å². The summed E-state index contributed by atoms with van der Waals surface area (Å²) in [6, 6.07) is 0.975. The Morgan fingerprint density at radius 1 is 1.02 bits per heavy atom. The van der Waals surface area contributed by atoms with Gasteiger partial charge in [0.1, 0.15) is 5.54 Å². The summed E-state index contributed by atoms with van der Waals surface area (Å²) in [6.45, 7) is 23.5. The number of amides is 1. The number of H-pyrrole nitrogens is 1. The fourth-order valence-electron chi connectivity index (χ4n) is 7.55. The summed E-state index contributed by atoms with van der Waals surface area (Å²) in [5.74, 6) is -1.27. The Labute approximate surface area is 268 Å². The summed E-state index contributed by atoms with van der Waals surface area (Å²) in [5, 5.41) is 25.4. The van der Waals surface area contributed by atoms with E-state index < -0.39 is 23.0 Å². The van der Waals surface area contributed by atoms with Gasteiger partial charge in [-0.3, -0.25) is 4.79 Å². The van der Waals surface area contributed by atoms with Crippen molar-refractivity contribution in [1.29, 1.82) is 0 Å². The Balaban J connectivity index is 2.37. The zero-order valence-electron chi connectivity index (χ0n) is 31.7. The van der Waals surface area contributed by atoms with Gasteiger partial charge in [0.15, 0.2) is 0 Å². The first-order valence-corrected chi connectivity index (χ1v) is 15.8. The van der Waals surface area contributed by atoms with E-state index in [1.807, 2.05) is 68.4 Å². The van der Waals surface area contributed by atoms with Crippen LogP contribution in [0.5, 0.6) is 0 Å². The van der Waals surface area contributed by atoms with Gasteiger partial charge in [0.2, 0.25) is 11.7 Å². The van der Waals surface area contributed by atoms with Crippen LogP contribution >= 0.6 is 0 Å². The van der Waals surface area contributed by atoms with E-state index in [1.165, 1.54) is 0 Å². The van der Waals surface area contributed by atoms with Crippen molar-refractivity contribution in [2.45, 2.75) is 120 Å². The fourth-order valence-corrected chi connectivity index (χ4v) is 7.55. The molecule has 2 N–H and O–H groups in total. The van der Waals surface area contributed by atoms with Gasteiger partial charge in [-0.1, -0.05) is 78.6 Å². The van der Waals surface area contributed by atoms with E-state index in [0.29, 0.717) is 23.1 Å². The smallest absolute Gasteiger partial charge is 0.329 e. The third kappa shape index (κ3) is 6.59. The number of carbonyl (C=O) groups is 2. The van der Waals surface area contributed by atoms with E-state index >= 15 is 0 Å². The number of carboxylic acid groups (broad SMARTS) is 1. The number of aliphatic carboxylic acids is 1. The molecule has 0 bridgehead atoms. The van der Waals surface area contributed by atoms with Gasteiger partial charge in [-0.2, -0.15) is 5.21 Å². The van der Waals surface area contributed by atoms with Gasteiger partial charge in [0.25, 0.3) is 0 Å². The van der Waals surface area contributed by atoms with E-state index in [2.05, 4.69) is 27.5 Å². The van der Waals surface area contributed by atoms with Crippen LogP contribution in [0.3, 0.4) is 0 Å². The lowest BCUT2D eigenvalue weighted by Crippen LogP contribution is -2.62. The molecule has 0 aliphatic rings. The Hall–Kier alpha value is -3.55. The average Bonchev–Trinajstić information content (AvgIpc) is 3.50. The van der Waals surface area contributed by atoms with Crippen LogP contribution < -0.4 is 0 Å². The molecule has 3 unspecified atom stereocenters. The second-order valence-corrected chi connectivity index (χ2v) is 13.7. The molecule has 0 saturated carbocycles. The molecule has 1 amide bonds. The first-order chi connectivity index (χ1) is 21.8. The van der Waals surface area contributed by atoms with Gasteiger partial charge < -0.3 is 10.0 Å². The molecule has 3 rings (SSSR count). The highest BCUT2D eigenvalue weighted by atomic mass is 16.4. The number of tetrazole rings is 1. The number of aromatic amines is 1. The number of rotatable bonds is 12. The largest absolute Gasteiger partial charge is 0.479 e. The number of carboxylic acids is 1. The molecule has 0 fully saturated rings. The average molecular weight is 607 g/mol. The van der Waals surface area contributed by atoms with Crippen molar-refractivity contribution < 1.29 is 18.8 Å². The Morgan fingerprint density at radius 3 is 2.20 bits per heavy atom. The number of nitrogens with one attached hydrogen (secondary N) is 1. The van der Waals surface area contributed by atoms with E-state index in [0.717, 1.165) is 40.7 Å². The quantitative estimate of drug-likeness (QED) is 0.214. The molecule has 44 heavy (non-hydrogen) atoms. The highest BCUT2D eigenvalue weighted by Gasteiger charge is 2.53. The summed E-state index contributed by atoms with van der Waals surface area (Å²) in [7, 11) is 0. The van der Waals surface area contributed by atoms with Crippen molar-refractivity contribution in [1.82, 2.24) is 25.5 Å². The molecule has 0 saturated heterocycles. The molecule has 3 aromatic rings. The maximum atomic E-state index is 14.4. The Morgan fingerprint density at radius 2 is 1.68 bits per heavy atom. The van der Waals surface area contributed by atoms with Crippen molar-refractivity contribution in [3.05, 3.63) is 52.0 Å². The molecule has 4 atom stereocenters. The lowest BCUT2D eigenvalue weighted by molar-refractivity contribution is -0.170. The molecule has 8 nitrogen and oxygen atoms in total. The Bertz CT molecular complexity index is 1630. The van der Waals surface area contributed by atoms with Crippen molar-refractivity contribution in [3.63, 3.8) is 0 Å². The zero-order chi connectivity index (χ0) is 35.8. The predicted octanol–water partition coefficient (Wildman–Crippen LogP) is 8.40. The van der Waals surface area contributed by atoms with Crippen molar-refractivity contribution in [3.8, 4) is 22.5 Å². The van der Waals surface area contributed by atoms with Gasteiger partial charge in [0, 0.05) is 12.0 Å². The molecular weight excluding hydrogens is 550 g/mol. The molecule has 1 aromatic heterocycles. The minimum atomic E-state index is -1.49. The summed E-state index contributed by atoms with van der Waals surface area (Å²) >= 11 is 0. The molecular formula is C36H53N5O3. The zero-order valence-corrected chi connectivity index (χ0v) is 28.7. The predicted molar refractivity (Wildman–Crippen MR) is 177 cm³/mol.